The van der Waals surface area contributed by atoms with Gasteiger partial charge in [0.15, 0.2) is 0 Å². The first-order valence-electron chi connectivity index (χ1n) is 6.09. The van der Waals surface area contributed by atoms with Crippen LogP contribution in [0.4, 0.5) is 4.79 Å². The Kier molecular flexibility index (Phi) is 3.41. The van der Waals surface area contributed by atoms with Crippen LogP contribution >= 0.6 is 15.9 Å². The van der Waals surface area contributed by atoms with Crippen molar-refractivity contribution in [1.82, 2.24) is 5.32 Å². The SMILES string of the molecule is CC(C)(C)OC(=O)NC1(c2ccccc2Br)CC1. The van der Waals surface area contributed by atoms with E-state index in [-0.39, 0.29) is 11.6 Å². The number of ether oxygens (including phenoxy) is 1. The first kappa shape index (κ1) is 13.4. The van der Waals surface area contributed by atoms with Crippen molar-refractivity contribution in [2.75, 3.05) is 0 Å². The van der Waals surface area contributed by atoms with Gasteiger partial charge in [-0.05, 0) is 45.2 Å². The van der Waals surface area contributed by atoms with E-state index < -0.39 is 5.60 Å². The van der Waals surface area contributed by atoms with Gasteiger partial charge in [-0.3, -0.25) is 0 Å². The van der Waals surface area contributed by atoms with Gasteiger partial charge in [0, 0.05) is 4.47 Å². The van der Waals surface area contributed by atoms with Crippen LogP contribution in [0.2, 0.25) is 0 Å². The number of carbonyl (C=O) groups is 1. The van der Waals surface area contributed by atoms with Crippen LogP contribution in [0.25, 0.3) is 0 Å². The van der Waals surface area contributed by atoms with E-state index in [1.165, 1.54) is 0 Å². The predicted octanol–water partition coefficient (Wildman–Crippen LogP) is 3.96. The smallest absolute Gasteiger partial charge is 0.408 e. The normalized spacial score (nSPS) is 17.1. The highest BCUT2D eigenvalue weighted by Gasteiger charge is 2.47. The average Bonchev–Trinajstić information content (AvgIpc) is 2.96. The number of benzene rings is 1. The highest BCUT2D eigenvalue weighted by Crippen LogP contribution is 2.48. The Morgan fingerprint density at radius 2 is 1.94 bits per heavy atom. The molecule has 0 aliphatic heterocycles. The zero-order valence-electron chi connectivity index (χ0n) is 10.9. The van der Waals surface area contributed by atoms with Gasteiger partial charge in [-0.1, -0.05) is 34.1 Å². The molecule has 0 bridgehead atoms. The lowest BCUT2D eigenvalue weighted by Gasteiger charge is -2.24. The average molecular weight is 312 g/mol. The van der Waals surface area contributed by atoms with Crippen molar-refractivity contribution in [3.63, 3.8) is 0 Å². The summed E-state index contributed by atoms with van der Waals surface area (Å²) in [4.78, 5) is 11.9. The molecule has 0 spiro atoms. The number of alkyl carbamates (subject to hydrolysis) is 1. The van der Waals surface area contributed by atoms with Gasteiger partial charge >= 0.3 is 6.09 Å². The predicted molar refractivity (Wildman–Crippen MR) is 74.4 cm³/mol. The Labute approximate surface area is 116 Å². The van der Waals surface area contributed by atoms with Crippen LogP contribution in [0.3, 0.4) is 0 Å². The second-order valence-corrected chi connectivity index (χ2v) is 6.54. The molecule has 1 aromatic carbocycles. The summed E-state index contributed by atoms with van der Waals surface area (Å²) < 4.78 is 6.34. The molecular formula is C14H18BrNO2. The number of halogens is 1. The van der Waals surface area contributed by atoms with Crippen LogP contribution in [0.5, 0.6) is 0 Å². The fourth-order valence-corrected chi connectivity index (χ4v) is 2.60. The largest absolute Gasteiger partial charge is 0.444 e. The maximum atomic E-state index is 11.9. The molecule has 1 saturated carbocycles. The second kappa shape index (κ2) is 4.57. The van der Waals surface area contributed by atoms with E-state index in [1.807, 2.05) is 45.0 Å². The Morgan fingerprint density at radius 1 is 1.33 bits per heavy atom. The molecule has 0 saturated heterocycles. The molecule has 0 heterocycles. The molecule has 1 fully saturated rings. The maximum Gasteiger partial charge on any atom is 0.408 e. The van der Waals surface area contributed by atoms with Crippen molar-refractivity contribution < 1.29 is 9.53 Å². The molecule has 18 heavy (non-hydrogen) atoms. The Bertz CT molecular complexity index is 461. The fourth-order valence-electron chi connectivity index (χ4n) is 1.93. The summed E-state index contributed by atoms with van der Waals surface area (Å²) in [7, 11) is 0. The van der Waals surface area contributed by atoms with Crippen molar-refractivity contribution in [2.45, 2.75) is 44.8 Å². The Balaban J connectivity index is 2.10. The Hall–Kier alpha value is -1.03. The summed E-state index contributed by atoms with van der Waals surface area (Å²) in [6.45, 7) is 5.60. The minimum atomic E-state index is -0.464. The number of hydrogen-bond donors (Lipinski definition) is 1. The van der Waals surface area contributed by atoms with Crippen LogP contribution in [0.1, 0.15) is 39.2 Å². The van der Waals surface area contributed by atoms with E-state index in [0.717, 1.165) is 22.9 Å². The molecule has 1 aliphatic carbocycles. The molecule has 1 aromatic rings. The quantitative estimate of drug-likeness (QED) is 0.897. The first-order valence-corrected chi connectivity index (χ1v) is 6.88. The van der Waals surface area contributed by atoms with E-state index in [4.69, 9.17) is 4.74 Å². The minimum Gasteiger partial charge on any atom is -0.444 e. The molecule has 98 valence electrons. The lowest BCUT2D eigenvalue weighted by atomic mass is 10.1. The van der Waals surface area contributed by atoms with E-state index >= 15 is 0 Å². The van der Waals surface area contributed by atoms with Crippen molar-refractivity contribution in [3.8, 4) is 0 Å². The Morgan fingerprint density at radius 3 is 2.44 bits per heavy atom. The molecule has 1 aliphatic rings. The highest BCUT2D eigenvalue weighted by atomic mass is 79.9. The molecule has 4 heteroatoms. The van der Waals surface area contributed by atoms with Gasteiger partial charge in [0.2, 0.25) is 0 Å². The summed E-state index contributed by atoms with van der Waals surface area (Å²) in [6, 6.07) is 7.98. The van der Waals surface area contributed by atoms with E-state index in [1.54, 1.807) is 0 Å². The van der Waals surface area contributed by atoms with Crippen molar-refractivity contribution in [2.24, 2.45) is 0 Å². The first-order chi connectivity index (χ1) is 8.32. The second-order valence-electron chi connectivity index (χ2n) is 5.69. The standard InChI is InChI=1S/C14H18BrNO2/c1-13(2,3)18-12(17)16-14(8-9-14)10-6-4-5-7-11(10)15/h4-7H,8-9H2,1-3H3,(H,16,17). The number of hydrogen-bond acceptors (Lipinski definition) is 2. The molecular weight excluding hydrogens is 294 g/mol. The van der Waals surface area contributed by atoms with Gasteiger partial charge in [-0.25, -0.2) is 4.79 Å². The van der Waals surface area contributed by atoms with E-state index in [2.05, 4.69) is 21.2 Å². The lowest BCUT2D eigenvalue weighted by molar-refractivity contribution is 0.0495. The van der Waals surface area contributed by atoms with Crippen LogP contribution in [-0.4, -0.2) is 11.7 Å². The monoisotopic (exact) mass is 311 g/mol. The van der Waals surface area contributed by atoms with Crippen molar-refractivity contribution in [1.29, 1.82) is 0 Å². The van der Waals surface area contributed by atoms with Gasteiger partial charge < -0.3 is 10.1 Å². The van der Waals surface area contributed by atoms with Crippen molar-refractivity contribution >= 4 is 22.0 Å². The third-order valence-corrected chi connectivity index (χ3v) is 3.57. The summed E-state index contributed by atoms with van der Waals surface area (Å²) in [5.41, 5.74) is 0.409. The van der Waals surface area contributed by atoms with Crippen molar-refractivity contribution in [3.05, 3.63) is 34.3 Å². The van der Waals surface area contributed by atoms with Crippen LogP contribution in [-0.2, 0) is 10.3 Å². The maximum absolute atomic E-state index is 11.9. The number of rotatable bonds is 2. The molecule has 0 unspecified atom stereocenters. The van der Waals surface area contributed by atoms with E-state index in [9.17, 15) is 4.79 Å². The lowest BCUT2D eigenvalue weighted by Crippen LogP contribution is -2.39. The minimum absolute atomic E-state index is 0.248. The zero-order chi connectivity index (χ0) is 13.4. The van der Waals surface area contributed by atoms with Gasteiger partial charge in [0.1, 0.15) is 5.60 Å². The molecule has 0 aromatic heterocycles. The highest BCUT2D eigenvalue weighted by molar-refractivity contribution is 9.10. The van der Waals surface area contributed by atoms with Crippen LogP contribution < -0.4 is 5.32 Å². The summed E-state index contributed by atoms with van der Waals surface area (Å²) in [6.07, 6.45) is 1.56. The summed E-state index contributed by atoms with van der Waals surface area (Å²) in [5.74, 6) is 0. The summed E-state index contributed by atoms with van der Waals surface area (Å²) in [5, 5.41) is 2.99. The third kappa shape index (κ3) is 3.05. The van der Waals surface area contributed by atoms with Crippen LogP contribution in [0, 0.1) is 0 Å². The number of nitrogens with one attached hydrogen (secondary N) is 1. The third-order valence-electron chi connectivity index (χ3n) is 2.88. The number of carbonyl (C=O) groups excluding carboxylic acids is 1. The topological polar surface area (TPSA) is 38.3 Å². The van der Waals surface area contributed by atoms with Crippen LogP contribution in [0.15, 0.2) is 28.7 Å². The molecule has 1 N–H and O–H groups in total. The van der Waals surface area contributed by atoms with Gasteiger partial charge in [0.25, 0.3) is 0 Å². The van der Waals surface area contributed by atoms with E-state index in [0.29, 0.717) is 0 Å². The number of amides is 1. The molecule has 2 rings (SSSR count). The summed E-state index contributed by atoms with van der Waals surface area (Å²) >= 11 is 3.53. The molecule has 0 atom stereocenters. The van der Waals surface area contributed by atoms with Gasteiger partial charge in [0.05, 0.1) is 5.54 Å². The van der Waals surface area contributed by atoms with Gasteiger partial charge in [-0.2, -0.15) is 0 Å². The van der Waals surface area contributed by atoms with Gasteiger partial charge in [-0.15, -0.1) is 0 Å². The zero-order valence-corrected chi connectivity index (χ0v) is 12.5. The molecule has 0 radical (unpaired) electrons. The molecule has 1 amide bonds. The molecule has 3 nitrogen and oxygen atoms in total. The fraction of sp³-hybridized carbons (Fsp3) is 0.500.